The fourth-order valence-electron chi connectivity index (χ4n) is 3.38. The second-order valence-electron chi connectivity index (χ2n) is 6.86. The highest BCUT2D eigenvalue weighted by Crippen LogP contribution is 2.22. The van der Waals surface area contributed by atoms with Crippen molar-refractivity contribution in [3.63, 3.8) is 0 Å². The van der Waals surface area contributed by atoms with Crippen molar-refractivity contribution in [2.45, 2.75) is 13.8 Å². The van der Waals surface area contributed by atoms with Crippen molar-refractivity contribution >= 4 is 28.6 Å². The third-order valence-corrected chi connectivity index (χ3v) is 4.91. The fourth-order valence-corrected chi connectivity index (χ4v) is 3.38. The van der Waals surface area contributed by atoms with Crippen LogP contribution in [-0.2, 0) is 4.74 Å². The van der Waals surface area contributed by atoms with Gasteiger partial charge in [0.1, 0.15) is 5.82 Å². The number of rotatable bonds is 4. The number of hydrogen-bond acceptors (Lipinski definition) is 5. The minimum atomic E-state index is 0.760. The molecule has 2 heterocycles. The van der Waals surface area contributed by atoms with E-state index in [1.807, 2.05) is 12.3 Å². The molecule has 0 radical (unpaired) electrons. The normalized spacial score (nSPS) is 14.8. The van der Waals surface area contributed by atoms with E-state index in [1.54, 1.807) is 0 Å². The van der Waals surface area contributed by atoms with E-state index in [4.69, 9.17) is 9.72 Å². The molecule has 0 saturated carbocycles. The van der Waals surface area contributed by atoms with Gasteiger partial charge in [-0.2, -0.15) is 5.10 Å². The van der Waals surface area contributed by atoms with Gasteiger partial charge in [0.25, 0.3) is 0 Å². The molecule has 138 valence electrons. The number of nitrogens with one attached hydrogen (secondary N) is 1. The van der Waals surface area contributed by atoms with Gasteiger partial charge in [0.05, 0.1) is 24.9 Å². The molecule has 1 aliphatic heterocycles. The zero-order chi connectivity index (χ0) is 18.6. The first-order valence-electron chi connectivity index (χ1n) is 9.29. The van der Waals surface area contributed by atoms with Gasteiger partial charge >= 0.3 is 0 Å². The Labute approximate surface area is 159 Å². The van der Waals surface area contributed by atoms with Crippen LogP contribution >= 0.6 is 0 Å². The van der Waals surface area contributed by atoms with E-state index >= 15 is 0 Å². The highest BCUT2D eigenvalue weighted by Gasteiger charge is 2.10. The number of aromatic nitrogens is 1. The summed E-state index contributed by atoms with van der Waals surface area (Å²) in [6, 6.07) is 16.7. The number of benzene rings is 2. The molecule has 1 aromatic heterocycles. The van der Waals surface area contributed by atoms with Gasteiger partial charge in [-0.15, -0.1) is 0 Å². The number of fused-ring (bicyclic) bond motifs is 1. The predicted octanol–water partition coefficient (Wildman–Crippen LogP) is 4.13. The van der Waals surface area contributed by atoms with E-state index in [0.717, 1.165) is 43.2 Å². The maximum atomic E-state index is 5.41. The van der Waals surface area contributed by atoms with Crippen molar-refractivity contribution in [3.05, 3.63) is 65.2 Å². The molecular formula is C22H24N4O. The molecule has 3 aromatic rings. The maximum absolute atomic E-state index is 5.41. The van der Waals surface area contributed by atoms with Gasteiger partial charge in [0.2, 0.25) is 0 Å². The lowest BCUT2D eigenvalue weighted by molar-refractivity contribution is 0.122. The zero-order valence-electron chi connectivity index (χ0n) is 15.8. The van der Waals surface area contributed by atoms with E-state index in [2.05, 4.69) is 71.7 Å². The van der Waals surface area contributed by atoms with Gasteiger partial charge in [-0.05, 0) is 48.7 Å². The smallest absolute Gasteiger partial charge is 0.147 e. The molecule has 0 atom stereocenters. The number of hydrazone groups is 1. The largest absolute Gasteiger partial charge is 0.378 e. The molecule has 1 saturated heterocycles. The Hall–Kier alpha value is -2.92. The Kier molecular flexibility index (Phi) is 5.03. The molecule has 0 spiro atoms. The van der Waals surface area contributed by atoms with Crippen molar-refractivity contribution < 1.29 is 4.74 Å². The topological polar surface area (TPSA) is 49.8 Å². The molecule has 1 fully saturated rings. The second-order valence-corrected chi connectivity index (χ2v) is 6.86. The molecule has 5 heteroatoms. The number of ether oxygens (including phenoxy) is 1. The number of aryl methyl sites for hydroxylation is 2. The molecule has 1 aliphatic rings. The van der Waals surface area contributed by atoms with Crippen LogP contribution in [0.25, 0.3) is 10.9 Å². The third-order valence-electron chi connectivity index (χ3n) is 4.91. The maximum Gasteiger partial charge on any atom is 0.147 e. The molecule has 1 N–H and O–H groups in total. The number of morpholine rings is 1. The first kappa shape index (κ1) is 17.5. The summed E-state index contributed by atoms with van der Waals surface area (Å²) in [6.07, 6.45) is 1.82. The summed E-state index contributed by atoms with van der Waals surface area (Å²) in [5.41, 5.74) is 8.72. The van der Waals surface area contributed by atoms with Crippen LogP contribution in [0.4, 0.5) is 11.5 Å². The van der Waals surface area contributed by atoms with Gasteiger partial charge in [-0.3, -0.25) is 5.43 Å². The van der Waals surface area contributed by atoms with Crippen molar-refractivity contribution in [3.8, 4) is 0 Å². The molecule has 0 amide bonds. The molecule has 0 bridgehead atoms. The average molecular weight is 360 g/mol. The average Bonchev–Trinajstić information content (AvgIpc) is 2.70. The standard InChI is InChI=1S/C22H24N4O/c1-16-4-3-5-20-17(2)14-21(24-22(16)20)25-23-15-18-6-8-19(9-7-18)26-10-12-27-13-11-26/h3-9,14-15H,10-13H2,1-2H3,(H,24,25)/b23-15+. The quantitative estimate of drug-likeness (QED) is 0.561. The lowest BCUT2D eigenvalue weighted by Gasteiger charge is -2.28. The highest BCUT2D eigenvalue weighted by atomic mass is 16.5. The number of pyridine rings is 1. The molecule has 4 rings (SSSR count). The van der Waals surface area contributed by atoms with E-state index in [1.165, 1.54) is 22.2 Å². The molecule has 2 aromatic carbocycles. The van der Waals surface area contributed by atoms with Crippen molar-refractivity contribution in [1.82, 2.24) is 4.98 Å². The number of anilines is 2. The van der Waals surface area contributed by atoms with Crippen molar-refractivity contribution in [2.24, 2.45) is 5.10 Å². The molecule has 27 heavy (non-hydrogen) atoms. The number of nitrogens with zero attached hydrogens (tertiary/aromatic N) is 3. The fraction of sp³-hybridized carbons (Fsp3) is 0.273. The summed E-state index contributed by atoms with van der Waals surface area (Å²) in [7, 11) is 0. The van der Waals surface area contributed by atoms with Crippen LogP contribution in [0.15, 0.2) is 53.6 Å². The molecule has 5 nitrogen and oxygen atoms in total. The lowest BCUT2D eigenvalue weighted by atomic mass is 10.1. The molecule has 0 aliphatic carbocycles. The second kappa shape index (κ2) is 7.76. The Morgan fingerprint density at radius 1 is 1.04 bits per heavy atom. The van der Waals surface area contributed by atoms with Crippen LogP contribution in [0, 0.1) is 13.8 Å². The van der Waals surface area contributed by atoms with Crippen LogP contribution in [0.3, 0.4) is 0 Å². The van der Waals surface area contributed by atoms with Crippen LogP contribution in [-0.4, -0.2) is 37.5 Å². The highest BCUT2D eigenvalue weighted by molar-refractivity contribution is 5.86. The van der Waals surface area contributed by atoms with E-state index in [-0.39, 0.29) is 0 Å². The predicted molar refractivity (Wildman–Crippen MR) is 112 cm³/mol. The van der Waals surface area contributed by atoms with Gasteiger partial charge in [-0.25, -0.2) is 4.98 Å². The molecule has 0 unspecified atom stereocenters. The van der Waals surface area contributed by atoms with Gasteiger partial charge in [-0.1, -0.05) is 30.3 Å². The van der Waals surface area contributed by atoms with Gasteiger partial charge in [0, 0.05) is 24.2 Å². The zero-order valence-corrected chi connectivity index (χ0v) is 15.8. The number of hydrogen-bond donors (Lipinski definition) is 1. The Morgan fingerprint density at radius 2 is 1.81 bits per heavy atom. The Balaban J connectivity index is 1.46. The number of para-hydroxylation sites is 1. The third kappa shape index (κ3) is 3.93. The van der Waals surface area contributed by atoms with Gasteiger partial charge in [0.15, 0.2) is 0 Å². The van der Waals surface area contributed by atoms with Crippen LogP contribution in [0.2, 0.25) is 0 Å². The first-order valence-corrected chi connectivity index (χ1v) is 9.29. The van der Waals surface area contributed by atoms with Gasteiger partial charge < -0.3 is 9.64 Å². The molecular weight excluding hydrogens is 336 g/mol. The van der Waals surface area contributed by atoms with E-state index in [9.17, 15) is 0 Å². The summed E-state index contributed by atoms with van der Waals surface area (Å²) >= 11 is 0. The van der Waals surface area contributed by atoms with Crippen LogP contribution < -0.4 is 10.3 Å². The SMILES string of the molecule is Cc1cc(N/N=C/c2ccc(N3CCOCC3)cc2)nc2c(C)cccc12. The Morgan fingerprint density at radius 3 is 2.59 bits per heavy atom. The summed E-state index contributed by atoms with van der Waals surface area (Å²) in [4.78, 5) is 7.04. The van der Waals surface area contributed by atoms with Crippen molar-refractivity contribution in [2.75, 3.05) is 36.6 Å². The van der Waals surface area contributed by atoms with Crippen LogP contribution in [0.1, 0.15) is 16.7 Å². The monoisotopic (exact) mass is 360 g/mol. The summed E-state index contributed by atoms with van der Waals surface area (Å²) < 4.78 is 5.41. The lowest BCUT2D eigenvalue weighted by Crippen LogP contribution is -2.36. The summed E-state index contributed by atoms with van der Waals surface area (Å²) in [5.74, 6) is 0.760. The van der Waals surface area contributed by atoms with Crippen LogP contribution in [0.5, 0.6) is 0 Å². The summed E-state index contributed by atoms with van der Waals surface area (Å²) in [6.45, 7) is 7.67. The Bertz CT molecular complexity index is 960. The van der Waals surface area contributed by atoms with E-state index < -0.39 is 0 Å². The van der Waals surface area contributed by atoms with Crippen molar-refractivity contribution in [1.29, 1.82) is 0 Å². The van der Waals surface area contributed by atoms with E-state index in [0.29, 0.717) is 0 Å². The summed E-state index contributed by atoms with van der Waals surface area (Å²) in [5, 5.41) is 5.54. The minimum absolute atomic E-state index is 0.760. The minimum Gasteiger partial charge on any atom is -0.378 e. The first-order chi connectivity index (χ1) is 13.2.